The molecule has 0 saturated heterocycles. The molecule has 0 heterocycles. The van der Waals surface area contributed by atoms with Gasteiger partial charge in [-0.2, -0.15) is 0 Å². The Morgan fingerprint density at radius 3 is 1.96 bits per heavy atom. The molecule has 28 heavy (non-hydrogen) atoms. The van der Waals surface area contributed by atoms with Gasteiger partial charge >= 0.3 is 5.97 Å². The maximum Gasteiger partial charge on any atom is 0.328 e. The van der Waals surface area contributed by atoms with E-state index in [4.69, 9.17) is 4.74 Å². The van der Waals surface area contributed by atoms with Crippen molar-refractivity contribution in [3.8, 4) is 11.1 Å². The molecule has 142 valence electrons. The Morgan fingerprint density at radius 1 is 0.786 bits per heavy atom. The van der Waals surface area contributed by atoms with Gasteiger partial charge in [-0.05, 0) is 22.3 Å². The topological polar surface area (TPSA) is 55.4 Å². The molecule has 0 aliphatic carbocycles. The van der Waals surface area contributed by atoms with Gasteiger partial charge < -0.3 is 10.1 Å². The minimum atomic E-state index is -0.705. The first kappa shape index (κ1) is 19.4. The minimum Gasteiger partial charge on any atom is -0.467 e. The van der Waals surface area contributed by atoms with Crippen LogP contribution in [0, 0.1) is 0 Å². The lowest BCUT2D eigenvalue weighted by atomic mass is 10.0. The number of rotatable bonds is 7. The first-order chi connectivity index (χ1) is 13.7. The molecule has 1 amide bonds. The predicted octanol–water partition coefficient (Wildman–Crippen LogP) is 3.80. The number of nitrogens with one attached hydrogen (secondary N) is 1. The van der Waals surface area contributed by atoms with Crippen molar-refractivity contribution < 1.29 is 14.3 Å². The lowest BCUT2D eigenvalue weighted by Gasteiger charge is -2.17. The van der Waals surface area contributed by atoms with Crippen LogP contribution in [-0.4, -0.2) is 25.0 Å². The van der Waals surface area contributed by atoms with Crippen LogP contribution >= 0.6 is 0 Å². The number of esters is 1. The fourth-order valence-corrected chi connectivity index (χ4v) is 3.06. The second-order valence-corrected chi connectivity index (χ2v) is 6.57. The largest absolute Gasteiger partial charge is 0.467 e. The summed E-state index contributed by atoms with van der Waals surface area (Å²) in [5.74, 6) is -0.657. The van der Waals surface area contributed by atoms with E-state index >= 15 is 0 Å². The number of hydrogen-bond acceptors (Lipinski definition) is 3. The van der Waals surface area contributed by atoms with Gasteiger partial charge in [-0.1, -0.05) is 84.9 Å². The molecule has 0 spiro atoms. The molecule has 0 fully saturated rings. The second-order valence-electron chi connectivity index (χ2n) is 6.57. The van der Waals surface area contributed by atoms with Gasteiger partial charge in [0.2, 0.25) is 5.91 Å². The van der Waals surface area contributed by atoms with E-state index in [1.54, 1.807) is 0 Å². The van der Waals surface area contributed by atoms with Crippen LogP contribution in [-0.2, 0) is 27.2 Å². The van der Waals surface area contributed by atoms with E-state index in [0.717, 1.165) is 22.3 Å². The molecule has 0 bridgehead atoms. The predicted molar refractivity (Wildman–Crippen MR) is 110 cm³/mol. The molecule has 3 aromatic rings. The summed E-state index contributed by atoms with van der Waals surface area (Å²) in [6, 6.07) is 26.8. The Bertz CT molecular complexity index is 906. The van der Waals surface area contributed by atoms with Crippen LogP contribution in [0.2, 0.25) is 0 Å². The number of ether oxygens (including phenoxy) is 1. The lowest BCUT2D eigenvalue weighted by molar-refractivity contribution is -0.145. The highest BCUT2D eigenvalue weighted by Gasteiger charge is 2.22. The maximum absolute atomic E-state index is 12.5. The molecule has 0 radical (unpaired) electrons. The molecule has 1 N–H and O–H groups in total. The van der Waals surface area contributed by atoms with Gasteiger partial charge in [-0.15, -0.1) is 0 Å². The standard InChI is InChI=1S/C24H23NO3/c1-28-24(27)22(16-18-8-4-2-5-9-18)25-23(26)17-19-12-14-21(15-13-19)20-10-6-3-7-11-20/h2-15,22H,16-17H2,1H3,(H,25,26). The van der Waals surface area contributed by atoms with Crippen LogP contribution in [0.4, 0.5) is 0 Å². The molecule has 3 aromatic carbocycles. The third kappa shape index (κ3) is 5.30. The normalized spacial score (nSPS) is 11.5. The van der Waals surface area contributed by atoms with Gasteiger partial charge in [0, 0.05) is 6.42 Å². The van der Waals surface area contributed by atoms with Crippen molar-refractivity contribution in [1.29, 1.82) is 0 Å². The molecule has 0 aliphatic rings. The zero-order valence-corrected chi connectivity index (χ0v) is 15.8. The average Bonchev–Trinajstić information content (AvgIpc) is 2.74. The third-order valence-electron chi connectivity index (χ3n) is 4.53. The van der Waals surface area contributed by atoms with Gasteiger partial charge in [0.1, 0.15) is 6.04 Å². The van der Waals surface area contributed by atoms with Crippen molar-refractivity contribution in [3.05, 3.63) is 96.1 Å². The van der Waals surface area contributed by atoms with E-state index in [2.05, 4.69) is 5.32 Å². The number of benzene rings is 3. The van der Waals surface area contributed by atoms with Crippen LogP contribution in [0.5, 0.6) is 0 Å². The van der Waals surface area contributed by atoms with Gasteiger partial charge in [0.05, 0.1) is 13.5 Å². The van der Waals surface area contributed by atoms with Gasteiger partial charge in [-0.25, -0.2) is 4.79 Å². The van der Waals surface area contributed by atoms with Crippen molar-refractivity contribution in [2.45, 2.75) is 18.9 Å². The summed E-state index contributed by atoms with van der Waals surface area (Å²) in [7, 11) is 1.33. The van der Waals surface area contributed by atoms with E-state index in [1.807, 2.05) is 84.9 Å². The van der Waals surface area contributed by atoms with Crippen molar-refractivity contribution in [1.82, 2.24) is 5.32 Å². The molecular weight excluding hydrogens is 350 g/mol. The van der Waals surface area contributed by atoms with Crippen molar-refractivity contribution >= 4 is 11.9 Å². The molecule has 1 atom stereocenters. The lowest BCUT2D eigenvalue weighted by Crippen LogP contribution is -2.43. The van der Waals surface area contributed by atoms with Crippen LogP contribution in [0.15, 0.2) is 84.9 Å². The number of amides is 1. The Labute approximate surface area is 165 Å². The molecule has 0 saturated carbocycles. The van der Waals surface area contributed by atoms with Gasteiger partial charge in [0.15, 0.2) is 0 Å². The fraction of sp³-hybridized carbons (Fsp3) is 0.167. The van der Waals surface area contributed by atoms with Gasteiger partial charge in [-0.3, -0.25) is 4.79 Å². The fourth-order valence-electron chi connectivity index (χ4n) is 3.06. The van der Waals surface area contributed by atoms with Crippen LogP contribution < -0.4 is 5.32 Å². The Morgan fingerprint density at radius 2 is 1.36 bits per heavy atom. The Hall–Kier alpha value is -3.40. The molecule has 0 aromatic heterocycles. The Balaban J connectivity index is 1.63. The summed E-state index contributed by atoms with van der Waals surface area (Å²) in [6.45, 7) is 0. The quantitative estimate of drug-likeness (QED) is 0.641. The van der Waals surface area contributed by atoms with E-state index in [0.29, 0.717) is 6.42 Å². The summed E-state index contributed by atoms with van der Waals surface area (Å²) in [6.07, 6.45) is 0.601. The molecule has 4 heteroatoms. The highest BCUT2D eigenvalue weighted by Crippen LogP contribution is 2.19. The zero-order chi connectivity index (χ0) is 19.8. The zero-order valence-electron chi connectivity index (χ0n) is 15.8. The summed E-state index contributed by atoms with van der Waals surface area (Å²) in [5.41, 5.74) is 4.08. The smallest absolute Gasteiger partial charge is 0.328 e. The maximum atomic E-state index is 12.5. The molecular formula is C24H23NO3. The second kappa shape index (κ2) is 9.51. The molecule has 1 unspecified atom stereocenters. The first-order valence-electron chi connectivity index (χ1n) is 9.21. The monoisotopic (exact) mass is 373 g/mol. The number of carbonyl (C=O) groups is 2. The van der Waals surface area contributed by atoms with Crippen molar-refractivity contribution in [3.63, 3.8) is 0 Å². The van der Waals surface area contributed by atoms with Crippen LogP contribution in [0.3, 0.4) is 0 Å². The average molecular weight is 373 g/mol. The van der Waals surface area contributed by atoms with E-state index < -0.39 is 12.0 Å². The number of carbonyl (C=O) groups excluding carboxylic acids is 2. The highest BCUT2D eigenvalue weighted by atomic mass is 16.5. The van der Waals surface area contributed by atoms with E-state index in [9.17, 15) is 9.59 Å². The van der Waals surface area contributed by atoms with Gasteiger partial charge in [0.25, 0.3) is 0 Å². The SMILES string of the molecule is COC(=O)C(Cc1ccccc1)NC(=O)Cc1ccc(-c2ccccc2)cc1. The first-order valence-corrected chi connectivity index (χ1v) is 9.21. The summed E-state index contributed by atoms with van der Waals surface area (Å²) in [4.78, 5) is 24.5. The minimum absolute atomic E-state index is 0.206. The van der Waals surface area contributed by atoms with E-state index in [-0.39, 0.29) is 12.3 Å². The summed E-state index contributed by atoms with van der Waals surface area (Å²) in [5, 5.41) is 2.80. The third-order valence-corrected chi connectivity index (χ3v) is 4.53. The van der Waals surface area contributed by atoms with E-state index in [1.165, 1.54) is 7.11 Å². The summed E-state index contributed by atoms with van der Waals surface area (Å²) >= 11 is 0. The molecule has 4 nitrogen and oxygen atoms in total. The summed E-state index contributed by atoms with van der Waals surface area (Å²) < 4.78 is 4.85. The number of hydrogen-bond donors (Lipinski definition) is 1. The highest BCUT2D eigenvalue weighted by molar-refractivity contribution is 5.86. The Kier molecular flexibility index (Phi) is 6.58. The molecule has 0 aliphatic heterocycles. The van der Waals surface area contributed by atoms with Crippen LogP contribution in [0.1, 0.15) is 11.1 Å². The van der Waals surface area contributed by atoms with Crippen LogP contribution in [0.25, 0.3) is 11.1 Å². The number of methoxy groups -OCH3 is 1. The van der Waals surface area contributed by atoms with Crippen molar-refractivity contribution in [2.24, 2.45) is 0 Å². The van der Waals surface area contributed by atoms with Crippen molar-refractivity contribution in [2.75, 3.05) is 7.11 Å². The molecule has 3 rings (SSSR count).